The molecular formula is C91H63FN12O15S2. The van der Waals surface area contributed by atoms with Crippen LogP contribution in [0.4, 0.5) is 4.39 Å². The van der Waals surface area contributed by atoms with Crippen molar-refractivity contribution in [3.05, 3.63) is 310 Å². The van der Waals surface area contributed by atoms with Gasteiger partial charge in [-0.2, -0.15) is 30.6 Å². The van der Waals surface area contributed by atoms with Crippen molar-refractivity contribution in [2.45, 2.75) is 20.3 Å². The second kappa shape index (κ2) is 34.5. The highest BCUT2D eigenvalue weighted by atomic mass is 32.1. The average Bonchev–Trinajstić information content (AvgIpc) is 1.70. The van der Waals surface area contributed by atoms with Crippen LogP contribution in [0.1, 0.15) is 91.2 Å². The minimum Gasteiger partial charge on any atom is -0.481 e. The number of aliphatic carboxylic acids is 1. The van der Waals surface area contributed by atoms with Crippen LogP contribution in [0.15, 0.2) is 265 Å². The lowest BCUT2D eigenvalue weighted by atomic mass is 10.0. The molecule has 0 aliphatic carbocycles. The molecule has 0 atom stereocenters. The van der Waals surface area contributed by atoms with E-state index in [9.17, 15) is 42.7 Å². The van der Waals surface area contributed by atoms with Crippen LogP contribution < -0.4 is 0 Å². The number of aromatic carboxylic acids is 5. The number of Topliss-reactive ketones (excluding diaryl/α,β-unsaturated/α-hetero) is 2. The fraction of sp³-hybridized carbons (Fsp3) is 0.0330. The number of nitrogens with zero attached hydrogens (tertiary/aromatic N) is 6. The Morgan fingerprint density at radius 1 is 0.355 bits per heavy atom. The summed E-state index contributed by atoms with van der Waals surface area (Å²) in [4.78, 5) is 90.4. The van der Waals surface area contributed by atoms with Gasteiger partial charge in [-0.1, -0.05) is 103 Å². The number of carbonyl (C=O) groups is 8. The van der Waals surface area contributed by atoms with Gasteiger partial charge in [-0.25, -0.2) is 28.4 Å². The highest BCUT2D eigenvalue weighted by Gasteiger charge is 2.21. The van der Waals surface area contributed by atoms with Crippen LogP contribution in [0.25, 0.3) is 154 Å². The maximum Gasteiger partial charge on any atom is 0.335 e. The molecule has 0 amide bonds. The van der Waals surface area contributed by atoms with Crippen molar-refractivity contribution in [2.75, 3.05) is 0 Å². The zero-order valence-corrected chi connectivity index (χ0v) is 64.9. The van der Waals surface area contributed by atoms with Gasteiger partial charge in [0.05, 0.1) is 88.5 Å². The molecule has 596 valence electrons. The van der Waals surface area contributed by atoms with Crippen molar-refractivity contribution < 1.29 is 77.8 Å². The first-order chi connectivity index (χ1) is 58.5. The van der Waals surface area contributed by atoms with Gasteiger partial charge < -0.3 is 35.1 Å². The zero-order valence-electron chi connectivity index (χ0n) is 63.3. The molecule has 0 spiro atoms. The lowest BCUT2D eigenvalue weighted by molar-refractivity contribution is -0.136. The summed E-state index contributed by atoms with van der Waals surface area (Å²) in [6.07, 6.45) is -0.0519. The van der Waals surface area contributed by atoms with Gasteiger partial charge in [0.1, 0.15) is 34.2 Å². The van der Waals surface area contributed by atoms with Crippen molar-refractivity contribution in [1.29, 1.82) is 0 Å². The Labute approximate surface area is 688 Å². The van der Waals surface area contributed by atoms with Crippen molar-refractivity contribution in [3.63, 3.8) is 0 Å². The second-order valence-corrected chi connectivity index (χ2v) is 29.2. The number of aromatic nitrogens is 12. The first kappa shape index (κ1) is 79.7. The lowest BCUT2D eigenvalue weighted by Crippen LogP contribution is -1.99. The normalized spacial score (nSPS) is 10.9. The van der Waals surface area contributed by atoms with E-state index in [0.717, 1.165) is 115 Å². The number of benzene rings is 11. The van der Waals surface area contributed by atoms with Gasteiger partial charge in [0, 0.05) is 81.0 Å². The molecule has 0 aliphatic heterocycles. The van der Waals surface area contributed by atoms with Gasteiger partial charge in [0.15, 0.2) is 17.3 Å². The second-order valence-electron chi connectivity index (χ2n) is 27.2. The molecule has 0 saturated heterocycles. The number of thiophene rings is 2. The van der Waals surface area contributed by atoms with E-state index in [1.807, 2.05) is 84.9 Å². The molecule has 20 aromatic rings. The van der Waals surface area contributed by atoms with Crippen molar-refractivity contribution >= 4 is 157 Å². The Bertz CT molecular complexity index is 7390. The summed E-state index contributed by atoms with van der Waals surface area (Å²) < 4.78 is 20.3. The maximum atomic E-state index is 13.3. The number of furan rings is 1. The Hall–Kier alpha value is -16.5. The summed E-state index contributed by atoms with van der Waals surface area (Å²) >= 11 is 3.01. The fourth-order valence-corrected chi connectivity index (χ4v) is 15.2. The number of carboxylic acids is 6. The third-order valence-electron chi connectivity index (χ3n) is 19.3. The standard InChI is InChI=1S/C16H10N2O3.C16H12N2O3.C16H10N2O2S.C15H11FN2O2.C14H10N2O3S.C14H10N2O2/c19-16(20)10-5-6-12-11(7-10)15(18-17-12)14-8-9-3-1-2-4-13(9)21-14;1-9(19)10-3-2-4-11(7-10)15-13-8-12(16(20)21)5-6-14(13)17-18-15;19-16(20)9-5-6-13-11(7-9)15(18-17-13)12-8-21-14-4-2-1-3-10(12)14;16-11-3-1-2-10(8-11)15-12-6-9(7-14(19)20)4-5-13(12)17-18-15;1-7(17)11-4-5-12(20-11)13-9-6-8(14(18)19)2-3-10(9)15-16-13;17-14(18)10-6-7-12-11(8-10)13(16-15-12)9-4-2-1-3-5-9/h1-8H,(H,17,18)(H,19,20);2-8H,1H3,(H,17,18)(H,20,21);1-8H,(H,17,18)(H,19,20);1-6,8H,7H2,(H,17,18)(H,19,20);2-6H,1H3,(H,15,16)(H,18,19);1-8H,(H,15,16)(H,17,18). The molecule has 0 aliphatic rings. The largest absolute Gasteiger partial charge is 0.481 e. The topological polar surface area (TPSA) is 443 Å². The van der Waals surface area contributed by atoms with Gasteiger partial charge in [-0.3, -0.25) is 45.0 Å². The third kappa shape index (κ3) is 17.4. The SMILES string of the molecule is CC(=O)c1ccc(-c2n[nH]c3ccc(C(=O)O)cc23)s1.CC(=O)c1cccc(-c2n[nH]c3ccc(C(=O)O)cc23)c1.O=C(O)Cc1ccc2[nH]nc(-c3cccc(F)c3)c2c1.O=C(O)c1ccc2[nH]nc(-c3cc4ccccc4o3)c2c1.O=C(O)c1ccc2[nH]nc(-c3ccccc3)c2c1.O=C(O)c1ccc2[nH]nc(-c3csc4ccccc34)c2c1. The molecule has 27 nitrogen and oxygen atoms in total. The Morgan fingerprint density at radius 2 is 0.777 bits per heavy atom. The molecule has 9 aromatic heterocycles. The molecule has 9 heterocycles. The van der Waals surface area contributed by atoms with Gasteiger partial charge in [-0.05, 0) is 171 Å². The summed E-state index contributed by atoms with van der Waals surface area (Å²) in [6, 6.07) is 73.9. The average molecular weight is 1650 g/mol. The molecule has 12 N–H and O–H groups in total. The predicted octanol–water partition coefficient (Wildman–Crippen LogP) is 20.1. The van der Waals surface area contributed by atoms with Crippen molar-refractivity contribution in [1.82, 2.24) is 61.2 Å². The number of hydrogen-bond donors (Lipinski definition) is 12. The number of nitrogens with one attached hydrogen (secondary N) is 6. The van der Waals surface area contributed by atoms with Crippen LogP contribution in [0, 0.1) is 5.82 Å². The number of H-pyrrole nitrogens is 6. The van der Waals surface area contributed by atoms with Gasteiger partial charge >= 0.3 is 35.8 Å². The van der Waals surface area contributed by atoms with E-state index in [1.165, 1.54) is 54.1 Å². The Morgan fingerprint density at radius 3 is 1.27 bits per heavy atom. The highest BCUT2D eigenvalue weighted by Crippen LogP contribution is 2.39. The molecule has 30 heteroatoms. The van der Waals surface area contributed by atoms with Crippen LogP contribution in [-0.4, -0.2) is 139 Å². The molecular weight excluding hydrogens is 1580 g/mol. The molecule has 121 heavy (non-hydrogen) atoms. The molecule has 0 fully saturated rings. The summed E-state index contributed by atoms with van der Waals surface area (Å²) in [7, 11) is 0. The third-order valence-corrected chi connectivity index (χ3v) is 21.5. The number of fused-ring (bicyclic) bond motifs is 8. The lowest BCUT2D eigenvalue weighted by Gasteiger charge is -2.01. The monoisotopic (exact) mass is 1650 g/mol. The minimum absolute atomic E-state index is 0.00677. The Kier molecular flexibility index (Phi) is 22.8. The summed E-state index contributed by atoms with van der Waals surface area (Å²) in [5, 5.41) is 106. The maximum absolute atomic E-state index is 13.3. The van der Waals surface area contributed by atoms with Crippen LogP contribution in [0.3, 0.4) is 0 Å². The van der Waals surface area contributed by atoms with E-state index in [2.05, 4.69) is 78.7 Å². The van der Waals surface area contributed by atoms with Crippen molar-refractivity contribution in [2.24, 2.45) is 0 Å². The molecule has 0 unspecified atom stereocenters. The Balaban J connectivity index is 0.000000113. The van der Waals surface area contributed by atoms with E-state index in [-0.39, 0.29) is 51.6 Å². The van der Waals surface area contributed by atoms with E-state index in [1.54, 1.807) is 145 Å². The van der Waals surface area contributed by atoms with Crippen LogP contribution in [-0.2, 0) is 11.2 Å². The molecule has 0 saturated carbocycles. The molecule has 20 rings (SSSR count). The first-order valence-corrected chi connectivity index (χ1v) is 38.4. The smallest absolute Gasteiger partial charge is 0.335 e. The van der Waals surface area contributed by atoms with E-state index in [0.29, 0.717) is 50.1 Å². The number of ketones is 2. The van der Waals surface area contributed by atoms with Crippen LogP contribution in [0.2, 0.25) is 0 Å². The molecule has 0 bridgehead atoms. The minimum atomic E-state index is -0.985. The number of aromatic amines is 6. The van der Waals surface area contributed by atoms with E-state index in [4.69, 9.17) is 35.1 Å². The number of rotatable bonds is 15. The zero-order chi connectivity index (χ0) is 84.7. The number of carbonyl (C=O) groups excluding carboxylic acids is 2. The van der Waals surface area contributed by atoms with Crippen molar-refractivity contribution in [3.8, 4) is 67.1 Å². The fourth-order valence-electron chi connectivity index (χ4n) is 13.4. The number of carboxylic acid groups (broad SMARTS) is 6. The molecule has 11 aromatic carbocycles. The quantitative estimate of drug-likeness (QED) is 0.0424. The molecule has 0 radical (unpaired) electrons. The summed E-state index contributed by atoms with van der Waals surface area (Å²) in [5.41, 5.74) is 15.5. The van der Waals surface area contributed by atoms with E-state index < -0.39 is 35.8 Å². The van der Waals surface area contributed by atoms with Gasteiger partial charge in [0.25, 0.3) is 0 Å². The highest BCUT2D eigenvalue weighted by molar-refractivity contribution is 7.18. The number of para-hydroxylation sites is 1. The number of halogens is 1. The van der Waals surface area contributed by atoms with Crippen LogP contribution in [0.5, 0.6) is 0 Å². The van der Waals surface area contributed by atoms with Gasteiger partial charge in [-0.15, -0.1) is 22.7 Å². The summed E-state index contributed by atoms with van der Waals surface area (Å²) in [6.45, 7) is 3.02. The number of hydrogen-bond acceptors (Lipinski definition) is 17. The van der Waals surface area contributed by atoms with Gasteiger partial charge in [0.2, 0.25) is 0 Å². The predicted molar refractivity (Wildman–Crippen MR) is 458 cm³/mol. The first-order valence-electron chi connectivity index (χ1n) is 36.7. The summed E-state index contributed by atoms with van der Waals surface area (Å²) in [5.74, 6) is -5.41. The van der Waals surface area contributed by atoms with E-state index >= 15 is 0 Å². The van der Waals surface area contributed by atoms with Crippen LogP contribution >= 0.6 is 22.7 Å².